The van der Waals surface area contributed by atoms with E-state index in [0.29, 0.717) is 23.1 Å². The molecular formula is C36H36FN11O10P2S. The number of fused-ring (bicyclic) bond motifs is 3. The topological polar surface area (TPSA) is 266 Å². The Bertz CT molecular complexity index is 2730. The van der Waals surface area contributed by atoms with Crippen LogP contribution in [0, 0.1) is 39.9 Å². The number of hydrogen-bond donors (Lipinski definition) is 2. The lowest BCUT2D eigenvalue weighted by Gasteiger charge is -2.35. The van der Waals surface area contributed by atoms with Crippen LogP contribution in [0.3, 0.4) is 0 Å². The summed E-state index contributed by atoms with van der Waals surface area (Å²) in [6.45, 7) is -3.20. The number of phosphoric acid groups is 1. The molecular weight excluding hydrogens is 859 g/mol. The third-order valence-electron chi connectivity index (χ3n) is 11.3. The number of anilines is 1. The van der Waals surface area contributed by atoms with E-state index in [9.17, 15) is 24.7 Å². The number of ether oxygens (including phenoxy) is 1. The highest BCUT2D eigenvalue weighted by Crippen LogP contribution is 2.74. The number of carbonyl (C=O) groups is 1. The van der Waals surface area contributed by atoms with E-state index in [1.165, 1.54) is 17.2 Å². The maximum Gasteiger partial charge on any atom is 0.475 e. The number of benzene rings is 1. The Labute approximate surface area is 350 Å². The summed E-state index contributed by atoms with van der Waals surface area (Å²) < 4.78 is 77.4. The molecule has 318 valence electrons. The summed E-state index contributed by atoms with van der Waals surface area (Å²) in [5.41, 5.74) is -0.363. The van der Waals surface area contributed by atoms with Gasteiger partial charge in [0.15, 0.2) is 40.5 Å². The number of nitriles is 2. The fraction of sp³-hybridized carbons (Fsp3) is 0.472. The predicted octanol–water partition coefficient (Wildman–Crippen LogP) is 4.65. The zero-order valence-corrected chi connectivity index (χ0v) is 34.7. The molecule has 0 radical (unpaired) electrons. The molecule has 2 N–H and O–H groups in total. The second-order valence-electron chi connectivity index (χ2n) is 14.9. The van der Waals surface area contributed by atoms with Crippen molar-refractivity contribution >= 4 is 60.4 Å². The van der Waals surface area contributed by atoms with Gasteiger partial charge in [-0.05, 0) is 36.3 Å². The van der Waals surface area contributed by atoms with E-state index in [-0.39, 0.29) is 67.5 Å². The molecule has 4 aromatic heterocycles. The number of rotatable bonds is 10. The lowest BCUT2D eigenvalue weighted by atomic mass is 9.94. The van der Waals surface area contributed by atoms with Gasteiger partial charge in [-0.2, -0.15) is 10.5 Å². The third-order valence-corrected chi connectivity index (χ3v) is 15.1. The van der Waals surface area contributed by atoms with Crippen molar-refractivity contribution in [3.63, 3.8) is 0 Å². The number of halogens is 1. The summed E-state index contributed by atoms with van der Waals surface area (Å²) in [5.74, 6) is -0.821. The van der Waals surface area contributed by atoms with E-state index in [1.54, 1.807) is 36.7 Å². The molecule has 1 spiro atoms. The standard InChI is InChI=1S/C36H36FN11O10P2S/c1-20-27(47-18-44-25-30(40-16-41-31(25)47)46-33(49)21-7-3-2-4-8-21)22-13-36(22)15-55-59(51,52-11-5-9-38)57-28-23(14-54-60(61,58-29(20)36)53-12-6-10-39)56-35(24(28)37)48-19-45-26-32(48)42-17-43-34(26)50/h2-4,7-8,16-20,22-24,27-29,35H,5-6,11-15H2,1H3,(H,42,43,50)(H,40,41,46,49)/t20-,22+,23+,24+,27-,28+,29-,35+,36+,59?,60?/m0/s1. The number of hydrogen-bond acceptors (Lipinski definition) is 18. The quantitative estimate of drug-likeness (QED) is 0.143. The summed E-state index contributed by atoms with van der Waals surface area (Å²) in [6, 6.07) is 12.2. The first kappa shape index (κ1) is 41.5. The molecule has 1 aromatic carbocycles. The summed E-state index contributed by atoms with van der Waals surface area (Å²) in [5, 5.41) is 21.5. The summed E-state index contributed by atoms with van der Waals surface area (Å²) in [6.07, 6.45) is -1.99. The maximum atomic E-state index is 16.8. The molecule has 2 saturated carbocycles. The first-order valence-electron chi connectivity index (χ1n) is 19.1. The lowest BCUT2D eigenvalue weighted by molar-refractivity contribution is -0.0556. The Hall–Kier alpha value is -4.90. The average molecular weight is 896 g/mol. The third kappa shape index (κ3) is 7.59. The number of amides is 1. The second-order valence-corrected chi connectivity index (χ2v) is 19.5. The molecule has 4 fully saturated rings. The lowest BCUT2D eigenvalue weighted by Crippen LogP contribution is -2.37. The van der Waals surface area contributed by atoms with Crippen molar-refractivity contribution in [3.05, 3.63) is 71.6 Å². The molecule has 2 aliphatic heterocycles. The minimum atomic E-state index is -4.71. The smallest absolute Gasteiger partial charge is 0.346 e. The number of aromatic amines is 1. The Kier molecular flexibility index (Phi) is 11.2. The van der Waals surface area contributed by atoms with Crippen LogP contribution in [-0.4, -0.2) is 95.9 Å². The van der Waals surface area contributed by atoms with Gasteiger partial charge in [0.25, 0.3) is 11.5 Å². The molecule has 2 aliphatic carbocycles. The monoisotopic (exact) mass is 895 g/mol. The molecule has 6 heterocycles. The van der Waals surface area contributed by atoms with Gasteiger partial charge >= 0.3 is 14.5 Å². The number of nitrogens with one attached hydrogen (secondary N) is 2. The normalized spacial score (nSPS) is 33.4. The number of carbonyl (C=O) groups excluding carboxylic acids is 1. The molecule has 25 heteroatoms. The highest BCUT2D eigenvalue weighted by molar-refractivity contribution is 8.07. The van der Waals surface area contributed by atoms with Gasteiger partial charge in [0.05, 0.1) is 76.5 Å². The molecule has 11 atom stereocenters. The van der Waals surface area contributed by atoms with Crippen LogP contribution in [0.25, 0.3) is 22.3 Å². The van der Waals surface area contributed by atoms with Gasteiger partial charge in [-0.3, -0.25) is 27.7 Å². The highest BCUT2D eigenvalue weighted by atomic mass is 32.5. The summed E-state index contributed by atoms with van der Waals surface area (Å²) >= 11 is 6.00. The Morgan fingerprint density at radius 1 is 1.03 bits per heavy atom. The number of phosphoric ester groups is 1. The van der Waals surface area contributed by atoms with Gasteiger partial charge < -0.3 is 33.2 Å². The molecule has 5 aromatic rings. The Morgan fingerprint density at radius 3 is 2.56 bits per heavy atom. The number of H-pyrrole nitrogens is 1. The minimum absolute atomic E-state index is 0.00756. The maximum absolute atomic E-state index is 16.8. The van der Waals surface area contributed by atoms with E-state index < -0.39 is 68.8 Å². The molecule has 21 nitrogen and oxygen atoms in total. The van der Waals surface area contributed by atoms with Gasteiger partial charge in [-0.1, -0.05) is 25.1 Å². The summed E-state index contributed by atoms with van der Waals surface area (Å²) in [7, 11) is -4.71. The van der Waals surface area contributed by atoms with Gasteiger partial charge in [0, 0.05) is 22.9 Å². The van der Waals surface area contributed by atoms with Crippen molar-refractivity contribution in [1.82, 2.24) is 39.0 Å². The van der Waals surface area contributed by atoms with Gasteiger partial charge in [-0.25, -0.2) is 33.9 Å². The van der Waals surface area contributed by atoms with E-state index in [4.69, 9.17) is 43.7 Å². The molecule has 4 aliphatic rings. The van der Waals surface area contributed by atoms with Crippen molar-refractivity contribution < 1.29 is 45.6 Å². The zero-order valence-electron chi connectivity index (χ0n) is 32.1. The van der Waals surface area contributed by atoms with Gasteiger partial charge in [0.2, 0.25) is 0 Å². The first-order valence-corrected chi connectivity index (χ1v) is 23.1. The first-order chi connectivity index (χ1) is 29.5. The highest BCUT2D eigenvalue weighted by Gasteiger charge is 2.73. The predicted molar refractivity (Wildman–Crippen MR) is 211 cm³/mol. The average Bonchev–Trinajstić information content (AvgIpc) is 3.52. The van der Waals surface area contributed by atoms with Crippen LogP contribution >= 0.6 is 14.5 Å². The summed E-state index contributed by atoms with van der Waals surface area (Å²) in [4.78, 5) is 49.5. The molecule has 0 bridgehead atoms. The van der Waals surface area contributed by atoms with Crippen LogP contribution in [-0.2, 0) is 48.3 Å². The molecule has 2 saturated heterocycles. The zero-order chi connectivity index (χ0) is 42.5. The number of aromatic nitrogens is 8. The molecule has 9 rings (SSSR count). The van der Waals surface area contributed by atoms with Crippen LogP contribution in [0.1, 0.15) is 48.8 Å². The van der Waals surface area contributed by atoms with E-state index in [1.807, 2.05) is 23.6 Å². The molecule has 2 unspecified atom stereocenters. The Balaban J connectivity index is 1.06. The fourth-order valence-electron chi connectivity index (χ4n) is 8.52. The Morgan fingerprint density at radius 2 is 1.77 bits per heavy atom. The molecule has 1 amide bonds. The van der Waals surface area contributed by atoms with Crippen molar-refractivity contribution in [2.45, 2.75) is 62.9 Å². The van der Waals surface area contributed by atoms with E-state index in [0.717, 1.165) is 6.33 Å². The largest absolute Gasteiger partial charge is 0.475 e. The van der Waals surface area contributed by atoms with Gasteiger partial charge in [0.1, 0.15) is 18.5 Å². The van der Waals surface area contributed by atoms with Crippen LogP contribution in [0.15, 0.2) is 60.4 Å². The second kappa shape index (κ2) is 16.4. The van der Waals surface area contributed by atoms with E-state index in [2.05, 4.69) is 35.2 Å². The number of alkyl halides is 1. The molecule has 61 heavy (non-hydrogen) atoms. The SMILES string of the molecule is C[C@H]1[C@H](n2cnc3c(NC(=O)c4ccccc4)ncnc32)[C@H]2C[C@@]23COP(=O)(OCCC#N)O[C@H]2[C@@H](F)[C@H](n4cnc5c(=O)[nH]cnc54)O[C@@H]2COP(=S)(OCCC#N)O[C@@H]13. The van der Waals surface area contributed by atoms with Crippen LogP contribution in [0.4, 0.5) is 10.2 Å². The van der Waals surface area contributed by atoms with Crippen LogP contribution < -0.4 is 10.9 Å². The van der Waals surface area contributed by atoms with E-state index >= 15 is 4.39 Å². The van der Waals surface area contributed by atoms with Crippen LogP contribution in [0.5, 0.6) is 0 Å². The minimum Gasteiger partial charge on any atom is -0.346 e. The van der Waals surface area contributed by atoms with Crippen molar-refractivity contribution in [1.29, 1.82) is 10.5 Å². The fourth-order valence-corrected chi connectivity index (χ4v) is 12.2. The van der Waals surface area contributed by atoms with Crippen molar-refractivity contribution in [3.8, 4) is 12.1 Å². The number of nitrogens with zero attached hydrogens (tertiary/aromatic N) is 9. The van der Waals surface area contributed by atoms with Gasteiger partial charge in [-0.15, -0.1) is 0 Å². The van der Waals surface area contributed by atoms with Crippen LogP contribution in [0.2, 0.25) is 0 Å². The number of imidazole rings is 2. The van der Waals surface area contributed by atoms with Crippen molar-refractivity contribution in [2.75, 3.05) is 31.7 Å². The van der Waals surface area contributed by atoms with Crippen molar-refractivity contribution in [2.24, 2.45) is 17.3 Å².